The summed E-state index contributed by atoms with van der Waals surface area (Å²) in [5.41, 5.74) is 2.02. The van der Waals surface area contributed by atoms with E-state index in [0.29, 0.717) is 12.2 Å². The molecule has 7 heteroatoms. The number of hydrogen-bond acceptors (Lipinski definition) is 4. The van der Waals surface area contributed by atoms with Gasteiger partial charge in [-0.3, -0.25) is 14.5 Å². The van der Waals surface area contributed by atoms with E-state index in [1.54, 1.807) is 7.05 Å². The maximum absolute atomic E-state index is 13.0. The van der Waals surface area contributed by atoms with Gasteiger partial charge in [0, 0.05) is 26.7 Å². The van der Waals surface area contributed by atoms with Crippen molar-refractivity contribution in [3.8, 4) is 0 Å². The van der Waals surface area contributed by atoms with Crippen LogP contribution in [-0.4, -0.2) is 52.9 Å². The maximum atomic E-state index is 13.0. The smallest absolute Gasteiger partial charge is 0.272 e. The van der Waals surface area contributed by atoms with Gasteiger partial charge in [-0.1, -0.05) is 26.3 Å². The molecule has 1 atom stereocenters. The third-order valence-corrected chi connectivity index (χ3v) is 4.51. The molecule has 0 radical (unpaired) electrons. The molecule has 2 heterocycles. The van der Waals surface area contributed by atoms with E-state index in [0.717, 1.165) is 30.2 Å². The molecule has 1 aromatic rings. The molecule has 2 rings (SSSR count). The van der Waals surface area contributed by atoms with Crippen molar-refractivity contribution in [2.45, 2.75) is 53.8 Å². The van der Waals surface area contributed by atoms with E-state index in [4.69, 9.17) is 0 Å². The molecule has 2 amide bonds. The lowest BCUT2D eigenvalue weighted by molar-refractivity contribution is -0.124. The van der Waals surface area contributed by atoms with Crippen LogP contribution in [0, 0.1) is 5.41 Å². The van der Waals surface area contributed by atoms with Crippen molar-refractivity contribution in [1.82, 2.24) is 25.1 Å². The monoisotopic (exact) mass is 361 g/mol. The van der Waals surface area contributed by atoms with Crippen LogP contribution in [-0.2, 0) is 17.9 Å². The standard InChI is InChI=1S/C19H31N5O2/c1-12(2)10-14-21-15(13-11-23(7)8-9-24(13)14)17(25)22-16(18(26)20-6)19(3,4)5/h10,16H,8-9,11H2,1-7H3,(H,20,26)(H,22,25)/t16-/m1/s1. The highest BCUT2D eigenvalue weighted by molar-refractivity contribution is 5.97. The fourth-order valence-corrected chi connectivity index (χ4v) is 3.09. The van der Waals surface area contributed by atoms with Crippen molar-refractivity contribution in [2.75, 3.05) is 20.6 Å². The summed E-state index contributed by atoms with van der Waals surface area (Å²) >= 11 is 0. The second-order valence-electron chi connectivity index (χ2n) is 8.26. The number of likely N-dealkylation sites (N-methyl/N-ethyl adjacent to an activating group) is 2. The van der Waals surface area contributed by atoms with Gasteiger partial charge in [-0.05, 0) is 32.4 Å². The van der Waals surface area contributed by atoms with Crippen molar-refractivity contribution in [3.05, 3.63) is 22.8 Å². The number of carbonyl (C=O) groups is 2. The van der Waals surface area contributed by atoms with Gasteiger partial charge in [-0.15, -0.1) is 0 Å². The molecule has 2 N–H and O–H groups in total. The zero-order chi connectivity index (χ0) is 19.6. The number of nitrogens with one attached hydrogen (secondary N) is 2. The van der Waals surface area contributed by atoms with E-state index in [1.165, 1.54) is 0 Å². The fraction of sp³-hybridized carbons (Fsp3) is 0.632. The lowest BCUT2D eigenvalue weighted by atomic mass is 9.86. The highest BCUT2D eigenvalue weighted by Gasteiger charge is 2.34. The van der Waals surface area contributed by atoms with Gasteiger partial charge in [0.05, 0.1) is 5.69 Å². The topological polar surface area (TPSA) is 79.3 Å². The number of rotatable bonds is 4. The van der Waals surface area contributed by atoms with Crippen LogP contribution in [0.3, 0.4) is 0 Å². The van der Waals surface area contributed by atoms with Crippen LogP contribution in [0.4, 0.5) is 0 Å². The molecule has 0 fully saturated rings. The number of amides is 2. The van der Waals surface area contributed by atoms with Crippen LogP contribution in [0.2, 0.25) is 0 Å². The highest BCUT2D eigenvalue weighted by atomic mass is 16.2. The van der Waals surface area contributed by atoms with E-state index in [9.17, 15) is 9.59 Å². The van der Waals surface area contributed by atoms with E-state index < -0.39 is 11.5 Å². The molecule has 7 nitrogen and oxygen atoms in total. The predicted molar refractivity (Wildman–Crippen MR) is 103 cm³/mol. The molecule has 0 aliphatic carbocycles. The summed E-state index contributed by atoms with van der Waals surface area (Å²) < 4.78 is 2.11. The van der Waals surface area contributed by atoms with Crippen LogP contribution < -0.4 is 10.6 Å². The zero-order valence-corrected chi connectivity index (χ0v) is 16.9. The van der Waals surface area contributed by atoms with Crippen LogP contribution in [0.15, 0.2) is 5.57 Å². The quantitative estimate of drug-likeness (QED) is 0.854. The van der Waals surface area contributed by atoms with Gasteiger partial charge < -0.3 is 15.2 Å². The van der Waals surface area contributed by atoms with E-state index in [1.807, 2.05) is 47.7 Å². The van der Waals surface area contributed by atoms with Gasteiger partial charge in [0.25, 0.3) is 5.91 Å². The Kier molecular flexibility index (Phi) is 5.91. The molecular formula is C19H31N5O2. The zero-order valence-electron chi connectivity index (χ0n) is 16.9. The number of hydrogen-bond donors (Lipinski definition) is 2. The number of nitrogens with zero attached hydrogens (tertiary/aromatic N) is 3. The fourth-order valence-electron chi connectivity index (χ4n) is 3.09. The number of imidazole rings is 1. The second kappa shape index (κ2) is 7.61. The number of fused-ring (bicyclic) bond motifs is 1. The molecule has 0 unspecified atom stereocenters. The molecule has 0 aromatic carbocycles. The Hall–Kier alpha value is -2.15. The molecule has 0 spiro atoms. The molecule has 1 aromatic heterocycles. The number of aromatic nitrogens is 2. The Labute approximate surface area is 155 Å². The Morgan fingerprint density at radius 2 is 1.88 bits per heavy atom. The first-order valence-electron chi connectivity index (χ1n) is 9.00. The molecular weight excluding hydrogens is 330 g/mol. The van der Waals surface area contributed by atoms with Crippen LogP contribution in [0.25, 0.3) is 6.08 Å². The Morgan fingerprint density at radius 3 is 2.42 bits per heavy atom. The van der Waals surface area contributed by atoms with Gasteiger partial charge in [0.2, 0.25) is 5.91 Å². The molecule has 144 valence electrons. The molecule has 1 aliphatic rings. The lowest BCUT2D eigenvalue weighted by Gasteiger charge is -2.30. The van der Waals surface area contributed by atoms with Crippen molar-refractivity contribution >= 4 is 17.9 Å². The van der Waals surface area contributed by atoms with E-state index >= 15 is 0 Å². The van der Waals surface area contributed by atoms with Crippen LogP contribution in [0.5, 0.6) is 0 Å². The van der Waals surface area contributed by atoms with Crippen LogP contribution in [0.1, 0.15) is 56.6 Å². The average Bonchev–Trinajstić information content (AvgIpc) is 2.87. The average molecular weight is 361 g/mol. The molecule has 0 bridgehead atoms. The Balaban J connectivity index is 2.41. The van der Waals surface area contributed by atoms with Gasteiger partial charge in [-0.2, -0.15) is 0 Å². The first-order chi connectivity index (χ1) is 12.0. The maximum Gasteiger partial charge on any atom is 0.272 e. The van der Waals surface area contributed by atoms with Gasteiger partial charge >= 0.3 is 0 Å². The number of carbonyl (C=O) groups excluding carboxylic acids is 2. The summed E-state index contributed by atoms with van der Waals surface area (Å²) in [6, 6.07) is -0.634. The Morgan fingerprint density at radius 1 is 1.23 bits per heavy atom. The summed E-state index contributed by atoms with van der Waals surface area (Å²) in [7, 11) is 3.61. The number of allylic oxidation sites excluding steroid dienone is 1. The minimum Gasteiger partial charge on any atom is -0.357 e. The van der Waals surface area contributed by atoms with E-state index in [-0.39, 0.29) is 11.8 Å². The van der Waals surface area contributed by atoms with Gasteiger partial charge in [0.1, 0.15) is 11.9 Å². The van der Waals surface area contributed by atoms with Crippen molar-refractivity contribution < 1.29 is 9.59 Å². The first kappa shape index (κ1) is 20.2. The Bertz CT molecular complexity index is 723. The minimum atomic E-state index is -0.634. The molecule has 0 saturated carbocycles. The van der Waals surface area contributed by atoms with Crippen LogP contribution >= 0.6 is 0 Å². The summed E-state index contributed by atoms with van der Waals surface area (Å²) in [5.74, 6) is 0.284. The predicted octanol–water partition coefficient (Wildman–Crippen LogP) is 1.64. The third-order valence-electron chi connectivity index (χ3n) is 4.51. The second-order valence-corrected chi connectivity index (χ2v) is 8.26. The van der Waals surface area contributed by atoms with Crippen molar-refractivity contribution in [1.29, 1.82) is 0 Å². The third kappa shape index (κ3) is 4.33. The summed E-state index contributed by atoms with van der Waals surface area (Å²) in [6.45, 7) is 12.2. The minimum absolute atomic E-state index is 0.208. The van der Waals surface area contributed by atoms with E-state index in [2.05, 4.69) is 25.1 Å². The first-order valence-corrected chi connectivity index (χ1v) is 9.00. The normalized spacial score (nSPS) is 15.8. The van der Waals surface area contributed by atoms with Crippen molar-refractivity contribution in [2.24, 2.45) is 5.41 Å². The SMILES string of the molecule is CNC(=O)[C@@H](NC(=O)c1nc(C=C(C)C)n2c1CN(C)CC2)C(C)(C)C. The molecule has 1 aliphatic heterocycles. The summed E-state index contributed by atoms with van der Waals surface area (Å²) in [4.78, 5) is 32.0. The lowest BCUT2D eigenvalue weighted by Crippen LogP contribution is -2.53. The summed E-state index contributed by atoms with van der Waals surface area (Å²) in [5, 5.41) is 5.52. The molecule has 0 saturated heterocycles. The van der Waals surface area contributed by atoms with Gasteiger partial charge in [-0.25, -0.2) is 4.98 Å². The van der Waals surface area contributed by atoms with Gasteiger partial charge in [0.15, 0.2) is 5.69 Å². The largest absolute Gasteiger partial charge is 0.357 e. The molecule has 26 heavy (non-hydrogen) atoms. The highest BCUT2D eigenvalue weighted by Crippen LogP contribution is 2.23. The van der Waals surface area contributed by atoms with Crippen molar-refractivity contribution in [3.63, 3.8) is 0 Å². The summed E-state index contributed by atoms with van der Waals surface area (Å²) in [6.07, 6.45) is 1.99.